The van der Waals surface area contributed by atoms with E-state index < -0.39 is 0 Å². The maximum absolute atomic E-state index is 11.1. The van der Waals surface area contributed by atoms with Crippen LogP contribution in [-0.4, -0.2) is 19.1 Å². The third-order valence-electron chi connectivity index (χ3n) is 2.44. The topological polar surface area (TPSA) is 38.3 Å². The van der Waals surface area contributed by atoms with Crippen molar-refractivity contribution in [3.8, 4) is 0 Å². The van der Waals surface area contributed by atoms with Crippen molar-refractivity contribution in [3.63, 3.8) is 0 Å². The molecule has 15 heavy (non-hydrogen) atoms. The molecule has 0 aliphatic heterocycles. The molecule has 1 aliphatic carbocycles. The van der Waals surface area contributed by atoms with Crippen LogP contribution in [0.1, 0.15) is 39.0 Å². The van der Waals surface area contributed by atoms with Crippen LogP contribution in [0.25, 0.3) is 0 Å². The van der Waals surface area contributed by atoms with Crippen molar-refractivity contribution in [2.75, 3.05) is 13.2 Å². The third-order valence-corrected chi connectivity index (χ3v) is 2.44. The minimum absolute atomic E-state index is 0. The predicted octanol–water partition coefficient (Wildman–Crippen LogP) is 1.88. The molecule has 0 spiro atoms. The summed E-state index contributed by atoms with van der Waals surface area (Å²) < 4.78 is 4.86. The Bertz CT molecular complexity index is 172. The molecule has 0 aromatic heterocycles. The minimum Gasteiger partial charge on any atom is -0.545 e. The summed E-state index contributed by atoms with van der Waals surface area (Å²) in [7, 11) is 0. The number of hydrogen-bond acceptors (Lipinski definition) is 2. The molecule has 0 aromatic carbocycles. The summed E-state index contributed by atoms with van der Waals surface area (Å²) in [4.78, 5) is 11.1. The van der Waals surface area contributed by atoms with E-state index in [1.807, 2.05) is 0 Å². The smallest absolute Gasteiger partial charge is 0.242 e. The zero-order chi connectivity index (χ0) is 10.2. The Morgan fingerprint density at radius 2 is 2.20 bits per heavy atom. The first-order valence-corrected chi connectivity index (χ1v) is 5.49. The van der Waals surface area contributed by atoms with Gasteiger partial charge in [0.2, 0.25) is 5.91 Å². The maximum Gasteiger partial charge on any atom is 0.242 e. The summed E-state index contributed by atoms with van der Waals surface area (Å²) in [6.45, 7) is 4.24. The fraction of sp³-hybridized carbons (Fsp3) is 0.818. The fourth-order valence-electron chi connectivity index (χ4n) is 1.40. The molecule has 1 rings (SSSR count). The van der Waals surface area contributed by atoms with E-state index in [1.165, 1.54) is 32.3 Å². The monoisotopic (exact) mass is 337 g/mol. The van der Waals surface area contributed by atoms with Crippen LogP contribution in [0.15, 0.2) is 0 Å². The van der Waals surface area contributed by atoms with Crippen molar-refractivity contribution in [1.29, 1.82) is 0 Å². The number of carbonyl (C=O) groups is 1. The minimum atomic E-state index is -0.0190. The standard InChI is InChI=1S/C11H20NO2.La/c1-2-14-9-11(13)12-8-4-3-5-10-6-7-10;/h2,10H,3-9H2,1H3,(H,12,13);/q-1;. The molecular weight excluding hydrogens is 317 g/mol. The average Bonchev–Trinajstić information content (AvgIpc) is 2.98. The van der Waals surface area contributed by atoms with Gasteiger partial charge in [-0.15, -0.1) is 0 Å². The van der Waals surface area contributed by atoms with Gasteiger partial charge < -0.3 is 10.1 Å². The second kappa shape index (κ2) is 9.82. The molecule has 0 aromatic rings. The first-order chi connectivity index (χ1) is 6.83. The summed E-state index contributed by atoms with van der Waals surface area (Å²) >= 11 is 0. The van der Waals surface area contributed by atoms with Gasteiger partial charge in [0.15, 0.2) is 0 Å². The number of rotatable bonds is 8. The molecular formula is C11H20LaNO2-. The van der Waals surface area contributed by atoms with Crippen LogP contribution < -0.4 is 5.32 Å². The second-order valence-corrected chi connectivity index (χ2v) is 3.84. The van der Waals surface area contributed by atoms with Crippen molar-refractivity contribution >= 4 is 5.91 Å². The number of ether oxygens (including phenoxy) is 1. The number of carbonyl (C=O) groups excluding carboxylic acids is 1. The molecule has 0 saturated heterocycles. The van der Waals surface area contributed by atoms with Gasteiger partial charge in [0.1, 0.15) is 0 Å². The summed E-state index contributed by atoms with van der Waals surface area (Å²) in [5.74, 6) is 0.984. The molecule has 1 N–H and O–H groups in total. The molecule has 0 unspecified atom stereocenters. The van der Waals surface area contributed by atoms with E-state index in [1.54, 1.807) is 6.92 Å². The maximum atomic E-state index is 11.1. The van der Waals surface area contributed by atoms with E-state index in [4.69, 9.17) is 4.74 Å². The SMILES string of the molecule is C[CH-]OCC(=O)NCCCCC1CC1.[La]. The Balaban J connectivity index is 0.00000196. The van der Waals surface area contributed by atoms with E-state index in [9.17, 15) is 4.79 Å². The quantitative estimate of drug-likeness (QED) is 0.543. The Kier molecular flexibility index (Phi) is 10.2. The molecule has 1 fully saturated rings. The Labute approximate surface area is 120 Å². The summed E-state index contributed by atoms with van der Waals surface area (Å²) in [5.41, 5.74) is 0. The van der Waals surface area contributed by atoms with E-state index in [-0.39, 0.29) is 48.1 Å². The molecule has 0 heterocycles. The van der Waals surface area contributed by atoms with Gasteiger partial charge in [0.25, 0.3) is 0 Å². The van der Waals surface area contributed by atoms with E-state index in [0.29, 0.717) is 0 Å². The predicted molar refractivity (Wildman–Crippen MR) is 55.5 cm³/mol. The van der Waals surface area contributed by atoms with Gasteiger partial charge in [0, 0.05) is 42.1 Å². The van der Waals surface area contributed by atoms with Gasteiger partial charge in [-0.05, 0) is 12.3 Å². The van der Waals surface area contributed by atoms with Crippen LogP contribution in [0, 0.1) is 48.1 Å². The molecule has 4 heteroatoms. The first kappa shape index (κ1) is 15.6. The van der Waals surface area contributed by atoms with Crippen LogP contribution in [0.4, 0.5) is 0 Å². The van der Waals surface area contributed by atoms with Crippen LogP contribution in [0.3, 0.4) is 0 Å². The van der Waals surface area contributed by atoms with Crippen LogP contribution in [-0.2, 0) is 9.53 Å². The van der Waals surface area contributed by atoms with Crippen molar-refractivity contribution < 1.29 is 45.1 Å². The molecule has 1 aliphatic rings. The van der Waals surface area contributed by atoms with Crippen LogP contribution in [0.2, 0.25) is 0 Å². The van der Waals surface area contributed by atoms with Crippen molar-refractivity contribution in [2.24, 2.45) is 5.92 Å². The molecule has 1 amide bonds. The third kappa shape index (κ3) is 9.55. The molecule has 1 radical (unpaired) electrons. The second-order valence-electron chi connectivity index (χ2n) is 3.84. The van der Waals surface area contributed by atoms with Gasteiger partial charge in [0.05, 0.1) is 6.61 Å². The molecule has 0 atom stereocenters. The van der Waals surface area contributed by atoms with Gasteiger partial charge >= 0.3 is 0 Å². The Morgan fingerprint density at radius 1 is 1.47 bits per heavy atom. The number of unbranched alkanes of at least 4 members (excludes halogenated alkanes) is 1. The summed E-state index contributed by atoms with van der Waals surface area (Å²) in [5, 5.41) is 2.83. The number of amides is 1. The van der Waals surface area contributed by atoms with Crippen molar-refractivity contribution in [3.05, 3.63) is 6.61 Å². The zero-order valence-corrected chi connectivity index (χ0v) is 13.1. The Hall–Kier alpha value is 0.625. The number of nitrogens with one attached hydrogen (secondary N) is 1. The van der Waals surface area contributed by atoms with Crippen LogP contribution in [0.5, 0.6) is 0 Å². The van der Waals surface area contributed by atoms with E-state index in [2.05, 4.69) is 5.32 Å². The number of hydrogen-bond donors (Lipinski definition) is 1. The molecule has 85 valence electrons. The fourth-order valence-corrected chi connectivity index (χ4v) is 1.40. The van der Waals surface area contributed by atoms with Gasteiger partial charge in [-0.3, -0.25) is 4.79 Å². The largest absolute Gasteiger partial charge is 0.545 e. The molecule has 1 saturated carbocycles. The molecule has 3 nitrogen and oxygen atoms in total. The molecule has 0 bridgehead atoms. The normalized spacial score (nSPS) is 14.5. The van der Waals surface area contributed by atoms with Crippen molar-refractivity contribution in [2.45, 2.75) is 39.0 Å². The van der Waals surface area contributed by atoms with Gasteiger partial charge in [-0.25, -0.2) is 6.61 Å². The van der Waals surface area contributed by atoms with E-state index >= 15 is 0 Å². The zero-order valence-electron chi connectivity index (χ0n) is 9.50. The average molecular weight is 337 g/mol. The van der Waals surface area contributed by atoms with Gasteiger partial charge in [-0.1, -0.05) is 25.7 Å². The van der Waals surface area contributed by atoms with Crippen molar-refractivity contribution in [1.82, 2.24) is 5.32 Å². The first-order valence-electron chi connectivity index (χ1n) is 5.49. The van der Waals surface area contributed by atoms with Gasteiger partial charge in [-0.2, -0.15) is 6.92 Å². The van der Waals surface area contributed by atoms with Crippen LogP contribution >= 0.6 is 0 Å². The Morgan fingerprint density at radius 3 is 2.80 bits per heavy atom. The van der Waals surface area contributed by atoms with E-state index in [0.717, 1.165) is 18.9 Å². The summed E-state index contributed by atoms with van der Waals surface area (Å²) in [6.07, 6.45) is 6.53. The summed E-state index contributed by atoms with van der Waals surface area (Å²) in [6, 6.07) is 0.